The second-order valence-corrected chi connectivity index (χ2v) is 2.99. The van der Waals surface area contributed by atoms with Crippen LogP contribution < -0.4 is 5.32 Å². The van der Waals surface area contributed by atoms with Crippen LogP contribution in [0.3, 0.4) is 0 Å². The fraction of sp³-hybridized carbons (Fsp3) is 1.00. The molecule has 0 saturated carbocycles. The van der Waals surface area contributed by atoms with Gasteiger partial charge in [0.25, 0.3) is 0 Å². The second-order valence-electron chi connectivity index (χ2n) is 2.99. The van der Waals surface area contributed by atoms with E-state index in [1.54, 1.807) is 14.2 Å². The first-order valence-electron chi connectivity index (χ1n) is 4.67. The Morgan fingerprint density at radius 3 is 2.54 bits per heavy atom. The van der Waals surface area contributed by atoms with E-state index in [9.17, 15) is 0 Å². The molecule has 0 aliphatic heterocycles. The summed E-state index contributed by atoms with van der Waals surface area (Å²) in [7, 11) is 3.34. The summed E-state index contributed by atoms with van der Waals surface area (Å²) in [4.78, 5) is 0. The average Bonchev–Trinajstić information content (AvgIpc) is 2.16. The van der Waals surface area contributed by atoms with Crippen molar-refractivity contribution in [2.24, 2.45) is 0 Å². The molecule has 4 nitrogen and oxygen atoms in total. The highest BCUT2D eigenvalue weighted by molar-refractivity contribution is 4.63. The third-order valence-corrected chi connectivity index (χ3v) is 1.80. The zero-order chi connectivity index (χ0) is 9.94. The molecule has 4 heteroatoms. The minimum atomic E-state index is 0.0625. The predicted molar refractivity (Wildman–Crippen MR) is 51.9 cm³/mol. The lowest BCUT2D eigenvalue weighted by molar-refractivity contribution is 0.127. The second kappa shape index (κ2) is 9.92. The zero-order valence-electron chi connectivity index (χ0n) is 8.58. The minimum Gasteiger partial charge on any atom is -0.395 e. The maximum absolute atomic E-state index is 8.89. The largest absolute Gasteiger partial charge is 0.395 e. The summed E-state index contributed by atoms with van der Waals surface area (Å²) in [5, 5.41) is 12.1. The van der Waals surface area contributed by atoms with E-state index < -0.39 is 0 Å². The summed E-state index contributed by atoms with van der Waals surface area (Å²) in [5.74, 6) is 0. The molecule has 0 spiro atoms. The van der Waals surface area contributed by atoms with Crippen LogP contribution in [0.4, 0.5) is 0 Å². The molecule has 0 aromatic rings. The van der Waals surface area contributed by atoms with Gasteiger partial charge in [0, 0.05) is 20.8 Å². The molecule has 1 unspecified atom stereocenters. The van der Waals surface area contributed by atoms with Crippen LogP contribution in [-0.2, 0) is 9.47 Å². The van der Waals surface area contributed by atoms with E-state index in [2.05, 4.69) is 5.32 Å². The number of rotatable bonds is 9. The van der Waals surface area contributed by atoms with Gasteiger partial charge in [-0.15, -0.1) is 0 Å². The van der Waals surface area contributed by atoms with Crippen molar-refractivity contribution in [2.45, 2.75) is 18.9 Å². The zero-order valence-corrected chi connectivity index (χ0v) is 8.58. The lowest BCUT2D eigenvalue weighted by atomic mass is 10.3. The van der Waals surface area contributed by atoms with Crippen LogP contribution in [0.2, 0.25) is 0 Å². The first kappa shape index (κ1) is 12.8. The molecule has 0 aromatic heterocycles. The van der Waals surface area contributed by atoms with Crippen LogP contribution >= 0.6 is 0 Å². The molecule has 0 saturated heterocycles. The smallest absolute Gasteiger partial charge is 0.0638 e. The summed E-state index contributed by atoms with van der Waals surface area (Å²) < 4.78 is 9.85. The molecule has 0 radical (unpaired) electrons. The highest BCUT2D eigenvalue weighted by atomic mass is 16.5. The normalized spacial score (nSPS) is 13.2. The van der Waals surface area contributed by atoms with Gasteiger partial charge in [0.2, 0.25) is 0 Å². The number of ether oxygens (including phenoxy) is 2. The molecule has 1 atom stereocenters. The van der Waals surface area contributed by atoms with E-state index in [1.165, 1.54) is 0 Å². The van der Waals surface area contributed by atoms with Gasteiger partial charge in [0.1, 0.15) is 0 Å². The lowest BCUT2D eigenvalue weighted by Gasteiger charge is -2.14. The van der Waals surface area contributed by atoms with Gasteiger partial charge in [0.15, 0.2) is 0 Å². The van der Waals surface area contributed by atoms with Gasteiger partial charge in [-0.05, 0) is 19.4 Å². The van der Waals surface area contributed by atoms with Gasteiger partial charge in [0.05, 0.1) is 19.3 Å². The third-order valence-electron chi connectivity index (χ3n) is 1.80. The van der Waals surface area contributed by atoms with Crippen molar-refractivity contribution in [2.75, 3.05) is 40.6 Å². The van der Waals surface area contributed by atoms with E-state index in [0.29, 0.717) is 6.61 Å². The average molecular weight is 191 g/mol. The summed E-state index contributed by atoms with van der Waals surface area (Å²) in [6.45, 7) is 2.38. The highest BCUT2D eigenvalue weighted by Crippen LogP contribution is 1.89. The standard InChI is InChI=1S/C9H21NO3/c1-12-6-4-3-5-10-9(7-11)8-13-2/h9-11H,3-8H2,1-2H3. The number of hydrogen-bond donors (Lipinski definition) is 2. The van der Waals surface area contributed by atoms with Crippen LogP contribution in [-0.4, -0.2) is 51.7 Å². The Balaban J connectivity index is 3.17. The van der Waals surface area contributed by atoms with Crippen molar-refractivity contribution < 1.29 is 14.6 Å². The first-order valence-corrected chi connectivity index (χ1v) is 4.67. The first-order chi connectivity index (χ1) is 6.35. The molecule has 0 aromatic carbocycles. The van der Waals surface area contributed by atoms with Crippen LogP contribution in [0.25, 0.3) is 0 Å². The summed E-state index contributed by atoms with van der Waals surface area (Å²) in [5.41, 5.74) is 0. The van der Waals surface area contributed by atoms with E-state index in [0.717, 1.165) is 26.0 Å². The van der Waals surface area contributed by atoms with E-state index in [4.69, 9.17) is 14.6 Å². The van der Waals surface area contributed by atoms with Crippen molar-refractivity contribution in [3.63, 3.8) is 0 Å². The number of hydrogen-bond acceptors (Lipinski definition) is 4. The molecule has 0 amide bonds. The Bertz CT molecular complexity index is 101. The molecule has 0 rings (SSSR count). The van der Waals surface area contributed by atoms with Crippen molar-refractivity contribution >= 4 is 0 Å². The molecular weight excluding hydrogens is 170 g/mol. The van der Waals surface area contributed by atoms with E-state index in [1.807, 2.05) is 0 Å². The van der Waals surface area contributed by atoms with Gasteiger partial charge < -0.3 is 19.9 Å². The Kier molecular flexibility index (Phi) is 9.80. The molecule has 0 heterocycles. The Hall–Kier alpha value is -0.160. The molecule has 80 valence electrons. The molecular formula is C9H21NO3. The Labute approximate surface area is 80.2 Å². The van der Waals surface area contributed by atoms with E-state index >= 15 is 0 Å². The predicted octanol–water partition coefficient (Wildman–Crippen LogP) is 0.00990. The number of aliphatic hydroxyl groups is 1. The number of nitrogens with one attached hydrogen (secondary N) is 1. The maximum Gasteiger partial charge on any atom is 0.0638 e. The van der Waals surface area contributed by atoms with Gasteiger partial charge in [-0.3, -0.25) is 0 Å². The van der Waals surface area contributed by atoms with Crippen LogP contribution in [0.1, 0.15) is 12.8 Å². The molecule has 0 aliphatic carbocycles. The summed E-state index contributed by atoms with van der Waals surface area (Å²) in [6.07, 6.45) is 2.11. The molecule has 13 heavy (non-hydrogen) atoms. The molecule has 0 aliphatic rings. The van der Waals surface area contributed by atoms with Crippen molar-refractivity contribution in [1.82, 2.24) is 5.32 Å². The van der Waals surface area contributed by atoms with Crippen LogP contribution in [0.15, 0.2) is 0 Å². The number of aliphatic hydroxyl groups excluding tert-OH is 1. The monoisotopic (exact) mass is 191 g/mol. The van der Waals surface area contributed by atoms with Crippen LogP contribution in [0.5, 0.6) is 0 Å². The number of methoxy groups -OCH3 is 2. The minimum absolute atomic E-state index is 0.0625. The fourth-order valence-corrected chi connectivity index (χ4v) is 1.05. The van der Waals surface area contributed by atoms with Gasteiger partial charge in [-0.2, -0.15) is 0 Å². The highest BCUT2D eigenvalue weighted by Gasteiger charge is 2.04. The van der Waals surface area contributed by atoms with E-state index in [-0.39, 0.29) is 12.6 Å². The lowest BCUT2D eigenvalue weighted by Crippen LogP contribution is -2.37. The third kappa shape index (κ3) is 8.18. The van der Waals surface area contributed by atoms with Crippen molar-refractivity contribution in [3.8, 4) is 0 Å². The van der Waals surface area contributed by atoms with Crippen molar-refractivity contribution in [1.29, 1.82) is 0 Å². The summed E-state index contributed by atoms with van der Waals surface area (Å²) in [6, 6.07) is 0.0625. The van der Waals surface area contributed by atoms with Gasteiger partial charge >= 0.3 is 0 Å². The Morgan fingerprint density at radius 1 is 1.23 bits per heavy atom. The van der Waals surface area contributed by atoms with Gasteiger partial charge in [-0.1, -0.05) is 0 Å². The Morgan fingerprint density at radius 2 is 2.00 bits per heavy atom. The van der Waals surface area contributed by atoms with Crippen LogP contribution in [0, 0.1) is 0 Å². The molecule has 0 bridgehead atoms. The quantitative estimate of drug-likeness (QED) is 0.504. The maximum atomic E-state index is 8.89. The SMILES string of the molecule is COCCCCNC(CO)COC. The molecule has 0 fully saturated rings. The molecule has 2 N–H and O–H groups in total. The topological polar surface area (TPSA) is 50.7 Å². The summed E-state index contributed by atoms with van der Waals surface area (Å²) >= 11 is 0. The number of unbranched alkanes of at least 4 members (excludes halogenated alkanes) is 1. The van der Waals surface area contributed by atoms with Gasteiger partial charge in [-0.25, -0.2) is 0 Å². The van der Waals surface area contributed by atoms with Crippen molar-refractivity contribution in [3.05, 3.63) is 0 Å². The fourth-order valence-electron chi connectivity index (χ4n) is 1.05.